The molecule has 0 saturated carbocycles. The van der Waals surface area contributed by atoms with Gasteiger partial charge in [0.15, 0.2) is 0 Å². The number of aryl methyl sites for hydroxylation is 3. The van der Waals surface area contributed by atoms with E-state index in [1.807, 2.05) is 35.5 Å². The zero-order valence-electron chi connectivity index (χ0n) is 23.7. The van der Waals surface area contributed by atoms with Crippen molar-refractivity contribution in [2.45, 2.75) is 63.3 Å². The van der Waals surface area contributed by atoms with Gasteiger partial charge in [0.25, 0.3) is 5.91 Å². The third-order valence-corrected chi connectivity index (χ3v) is 11.2. The molecule has 1 aromatic heterocycles. The van der Waals surface area contributed by atoms with E-state index in [9.17, 15) is 17.6 Å². The Balaban J connectivity index is 1.11. The third kappa shape index (κ3) is 5.49. The smallest absolute Gasteiger partial charge is 0.253 e. The minimum absolute atomic E-state index is 0.00982. The second-order valence-corrected chi connectivity index (χ2v) is 13.6. The summed E-state index contributed by atoms with van der Waals surface area (Å²) in [5.41, 5.74) is 4.79. The highest BCUT2D eigenvalue weighted by molar-refractivity contribution is 7.89. The zero-order valence-corrected chi connectivity index (χ0v) is 24.5. The molecule has 1 atom stereocenters. The van der Waals surface area contributed by atoms with Crippen molar-refractivity contribution in [3.63, 3.8) is 0 Å². The molecule has 41 heavy (non-hydrogen) atoms. The van der Waals surface area contributed by atoms with E-state index in [0.717, 1.165) is 69.4 Å². The SMILES string of the molecule is Cc1cc(F)cc(C)c1S(=O)(=O)NC1CCc2ccc(C(=O)N3CCC4(CC3)CCN(c3ccncc3)CC4)cc21. The maximum Gasteiger partial charge on any atom is 0.253 e. The van der Waals surface area contributed by atoms with Crippen LogP contribution in [0.3, 0.4) is 0 Å². The summed E-state index contributed by atoms with van der Waals surface area (Å²) in [5.74, 6) is -0.442. The molecular weight excluding hydrogens is 539 g/mol. The number of fused-ring (bicyclic) bond motifs is 1. The lowest BCUT2D eigenvalue weighted by Crippen LogP contribution is -2.48. The number of aromatic nitrogens is 1. The number of hydrogen-bond acceptors (Lipinski definition) is 5. The number of amides is 1. The predicted molar refractivity (Wildman–Crippen MR) is 157 cm³/mol. The Kier molecular flexibility index (Phi) is 7.36. The Hall–Kier alpha value is -3.30. The summed E-state index contributed by atoms with van der Waals surface area (Å²) in [7, 11) is -3.87. The van der Waals surface area contributed by atoms with Crippen LogP contribution < -0.4 is 9.62 Å². The number of nitrogens with one attached hydrogen (secondary N) is 1. The summed E-state index contributed by atoms with van der Waals surface area (Å²) in [6.45, 7) is 6.75. The second kappa shape index (κ2) is 10.8. The molecule has 0 bridgehead atoms. The molecule has 1 unspecified atom stereocenters. The van der Waals surface area contributed by atoms with Gasteiger partial charge in [-0.1, -0.05) is 6.07 Å². The molecule has 9 heteroatoms. The Bertz CT molecular complexity index is 1540. The normalized spacial score (nSPS) is 20.3. The van der Waals surface area contributed by atoms with Crippen molar-refractivity contribution >= 4 is 21.6 Å². The van der Waals surface area contributed by atoms with Crippen molar-refractivity contribution in [2.24, 2.45) is 5.41 Å². The number of benzene rings is 2. The monoisotopic (exact) mass is 576 g/mol. The van der Waals surface area contributed by atoms with E-state index in [-0.39, 0.29) is 16.2 Å². The molecule has 2 fully saturated rings. The number of anilines is 1. The van der Waals surface area contributed by atoms with Gasteiger partial charge in [-0.2, -0.15) is 0 Å². The van der Waals surface area contributed by atoms with Gasteiger partial charge in [0, 0.05) is 55.9 Å². The molecular formula is C32H37FN4O3S. The minimum Gasteiger partial charge on any atom is -0.371 e. The Morgan fingerprint density at radius 2 is 1.59 bits per heavy atom. The van der Waals surface area contributed by atoms with E-state index in [2.05, 4.69) is 26.7 Å². The molecule has 3 aromatic rings. The first-order valence-corrected chi connectivity index (χ1v) is 16.0. The Labute approximate surface area is 241 Å². The standard InChI is InChI=1S/C32H37FN4O3S/c1-22-19-26(33)20-23(2)30(22)41(39,40)35-29-6-5-24-3-4-25(21-28(24)29)31(38)37-17-11-32(12-18-37)9-15-36(16-10-32)27-7-13-34-14-8-27/h3-4,7-8,13-14,19-21,29,35H,5-6,9-12,15-18H2,1-2H3. The number of carbonyl (C=O) groups excluding carboxylic acids is 1. The van der Waals surface area contributed by atoms with E-state index in [1.54, 1.807) is 13.8 Å². The lowest BCUT2D eigenvalue weighted by molar-refractivity contribution is 0.0515. The van der Waals surface area contributed by atoms with Gasteiger partial charge >= 0.3 is 0 Å². The van der Waals surface area contributed by atoms with Crippen molar-refractivity contribution in [2.75, 3.05) is 31.1 Å². The van der Waals surface area contributed by atoms with Crippen molar-refractivity contribution in [3.8, 4) is 0 Å². The molecule has 1 N–H and O–H groups in total. The maximum atomic E-state index is 13.8. The molecule has 0 radical (unpaired) electrons. The van der Waals surface area contributed by atoms with Crippen LogP contribution in [0, 0.1) is 25.1 Å². The second-order valence-electron chi connectivity index (χ2n) is 12.0. The highest BCUT2D eigenvalue weighted by Crippen LogP contribution is 2.42. The molecule has 7 nitrogen and oxygen atoms in total. The fraction of sp³-hybridized carbons (Fsp3) is 0.438. The fourth-order valence-electron chi connectivity index (χ4n) is 7.09. The maximum absolute atomic E-state index is 13.8. The van der Waals surface area contributed by atoms with E-state index in [1.165, 1.54) is 17.8 Å². The topological polar surface area (TPSA) is 82.6 Å². The molecule has 2 aromatic carbocycles. The van der Waals surface area contributed by atoms with Crippen molar-refractivity contribution in [1.82, 2.24) is 14.6 Å². The third-order valence-electron chi connectivity index (χ3n) is 9.43. The fourth-order valence-corrected chi connectivity index (χ4v) is 8.79. The quantitative estimate of drug-likeness (QED) is 0.444. The van der Waals surface area contributed by atoms with Crippen LogP contribution in [0.25, 0.3) is 0 Å². The van der Waals surface area contributed by atoms with Crippen LogP contribution in [0.4, 0.5) is 10.1 Å². The molecule has 1 amide bonds. The van der Waals surface area contributed by atoms with Crippen LogP contribution in [-0.4, -0.2) is 50.4 Å². The van der Waals surface area contributed by atoms with Gasteiger partial charge in [-0.3, -0.25) is 9.78 Å². The van der Waals surface area contributed by atoms with Gasteiger partial charge < -0.3 is 9.80 Å². The number of rotatable bonds is 5. The number of likely N-dealkylation sites (tertiary alicyclic amines) is 1. The molecule has 2 aliphatic heterocycles. The highest BCUT2D eigenvalue weighted by atomic mass is 32.2. The molecule has 6 rings (SSSR count). The predicted octanol–water partition coefficient (Wildman–Crippen LogP) is 5.33. The van der Waals surface area contributed by atoms with Crippen LogP contribution in [0.15, 0.2) is 59.8 Å². The van der Waals surface area contributed by atoms with Gasteiger partial charge in [0.1, 0.15) is 5.82 Å². The lowest BCUT2D eigenvalue weighted by atomic mass is 9.71. The molecule has 3 aliphatic rings. The average molecular weight is 577 g/mol. The molecule has 3 heterocycles. The first kappa shape index (κ1) is 27.8. The zero-order chi connectivity index (χ0) is 28.8. The van der Waals surface area contributed by atoms with Gasteiger partial charge in [0.05, 0.1) is 4.90 Å². The number of sulfonamides is 1. The van der Waals surface area contributed by atoms with Gasteiger partial charge in [-0.05, 0) is 116 Å². The first-order valence-electron chi connectivity index (χ1n) is 14.5. The summed E-state index contributed by atoms with van der Waals surface area (Å²) in [5, 5.41) is 0. The number of nitrogens with zero attached hydrogens (tertiary/aromatic N) is 3. The molecule has 2 saturated heterocycles. The van der Waals surface area contributed by atoms with Crippen LogP contribution in [0.2, 0.25) is 0 Å². The van der Waals surface area contributed by atoms with E-state index in [4.69, 9.17) is 0 Å². The Morgan fingerprint density at radius 1 is 0.951 bits per heavy atom. The summed E-state index contributed by atoms with van der Waals surface area (Å²) < 4.78 is 43.3. The number of pyridine rings is 1. The first-order chi connectivity index (χ1) is 19.6. The van der Waals surface area contributed by atoms with Crippen molar-refractivity contribution in [3.05, 3.63) is 88.5 Å². The summed E-state index contributed by atoms with van der Waals surface area (Å²) in [6, 6.07) is 11.9. The number of hydrogen-bond donors (Lipinski definition) is 1. The average Bonchev–Trinajstić information content (AvgIpc) is 3.34. The summed E-state index contributed by atoms with van der Waals surface area (Å²) >= 11 is 0. The van der Waals surface area contributed by atoms with Gasteiger partial charge in [-0.25, -0.2) is 17.5 Å². The Morgan fingerprint density at radius 3 is 2.24 bits per heavy atom. The van der Waals surface area contributed by atoms with Crippen molar-refractivity contribution in [1.29, 1.82) is 0 Å². The summed E-state index contributed by atoms with van der Waals surface area (Å²) in [4.78, 5) is 22.2. The molecule has 1 aliphatic carbocycles. The van der Waals surface area contributed by atoms with Gasteiger partial charge in [0.2, 0.25) is 10.0 Å². The van der Waals surface area contributed by atoms with E-state index >= 15 is 0 Å². The summed E-state index contributed by atoms with van der Waals surface area (Å²) in [6.07, 6.45) is 9.31. The number of piperidine rings is 2. The minimum atomic E-state index is -3.87. The van der Waals surface area contributed by atoms with Crippen LogP contribution in [0.1, 0.15) is 70.8 Å². The largest absolute Gasteiger partial charge is 0.371 e. The number of halogens is 1. The molecule has 216 valence electrons. The van der Waals surface area contributed by atoms with Crippen molar-refractivity contribution < 1.29 is 17.6 Å². The van der Waals surface area contributed by atoms with E-state index < -0.39 is 21.9 Å². The van der Waals surface area contributed by atoms with Crippen LogP contribution in [-0.2, 0) is 16.4 Å². The number of carbonyl (C=O) groups is 1. The van der Waals surface area contributed by atoms with Crippen LogP contribution in [0.5, 0.6) is 0 Å². The van der Waals surface area contributed by atoms with E-state index in [0.29, 0.717) is 23.1 Å². The lowest BCUT2D eigenvalue weighted by Gasteiger charge is -2.47. The van der Waals surface area contributed by atoms with Gasteiger partial charge in [-0.15, -0.1) is 0 Å². The van der Waals surface area contributed by atoms with Crippen LogP contribution >= 0.6 is 0 Å². The highest BCUT2D eigenvalue weighted by Gasteiger charge is 2.39. The molecule has 1 spiro atoms.